The first-order valence-electron chi connectivity index (χ1n) is 5.25. The predicted octanol–water partition coefficient (Wildman–Crippen LogP) is 2.58. The van der Waals surface area contributed by atoms with E-state index in [0.29, 0.717) is 18.5 Å². The molecule has 4 heteroatoms. The molecule has 0 radical (unpaired) electrons. The van der Waals surface area contributed by atoms with Crippen molar-refractivity contribution in [1.82, 2.24) is 0 Å². The van der Waals surface area contributed by atoms with Crippen LogP contribution in [0.1, 0.15) is 18.9 Å². The molecule has 1 atom stereocenters. The zero-order valence-corrected chi connectivity index (χ0v) is 9.93. The Morgan fingerprint density at radius 1 is 1.56 bits per heavy atom. The molecule has 0 heterocycles. The Morgan fingerprint density at radius 3 is 2.81 bits per heavy atom. The average Bonchev–Trinajstić information content (AvgIpc) is 2.26. The molecule has 1 aromatic carbocycles. The van der Waals surface area contributed by atoms with Crippen LogP contribution >= 0.6 is 11.6 Å². The van der Waals surface area contributed by atoms with Crippen molar-refractivity contribution in [3.05, 3.63) is 34.6 Å². The number of hydrogen-bond acceptors (Lipinski definition) is 2. The fourth-order valence-corrected chi connectivity index (χ4v) is 1.74. The lowest BCUT2D eigenvalue weighted by Gasteiger charge is -2.11. The van der Waals surface area contributed by atoms with Crippen LogP contribution in [-0.2, 0) is 11.2 Å². The molecule has 0 aliphatic heterocycles. The zero-order valence-electron chi connectivity index (χ0n) is 9.17. The van der Waals surface area contributed by atoms with E-state index in [0.717, 1.165) is 0 Å². The number of nitrogens with two attached hydrogens (primary N) is 1. The lowest BCUT2D eigenvalue weighted by molar-refractivity contribution is -0.122. The predicted molar refractivity (Wildman–Crippen MR) is 63.0 cm³/mol. The smallest absolute Gasteiger partial charge is 0.145 e. The molecule has 0 bridgehead atoms. The molecule has 0 saturated heterocycles. The van der Waals surface area contributed by atoms with E-state index >= 15 is 0 Å². The maximum absolute atomic E-state index is 13.5. The van der Waals surface area contributed by atoms with Crippen molar-refractivity contribution in [3.8, 4) is 0 Å². The van der Waals surface area contributed by atoms with Gasteiger partial charge in [0.25, 0.3) is 0 Å². The quantitative estimate of drug-likeness (QED) is 0.864. The molecule has 1 unspecified atom stereocenters. The van der Waals surface area contributed by atoms with Crippen LogP contribution in [0.2, 0.25) is 5.02 Å². The molecule has 1 rings (SSSR count). The summed E-state index contributed by atoms with van der Waals surface area (Å²) in [4.78, 5) is 11.7. The number of Topliss-reactive ketones (excluding diaryl/α,β-unsaturated/α-hetero) is 1. The third-order valence-electron chi connectivity index (χ3n) is 2.63. The van der Waals surface area contributed by atoms with Crippen molar-refractivity contribution >= 4 is 17.4 Å². The van der Waals surface area contributed by atoms with Gasteiger partial charge in [0.2, 0.25) is 0 Å². The molecule has 0 aromatic heterocycles. The summed E-state index contributed by atoms with van der Waals surface area (Å²) < 4.78 is 13.5. The second-order valence-corrected chi connectivity index (χ2v) is 4.10. The number of carbonyl (C=O) groups excluding carboxylic acids is 1. The van der Waals surface area contributed by atoms with E-state index in [1.165, 1.54) is 6.07 Å². The van der Waals surface area contributed by atoms with Gasteiger partial charge in [0.05, 0.1) is 5.02 Å². The Balaban J connectivity index is 2.80. The van der Waals surface area contributed by atoms with Gasteiger partial charge in [0, 0.05) is 18.9 Å². The maximum atomic E-state index is 13.5. The lowest BCUT2D eigenvalue weighted by atomic mass is 9.95. The second-order valence-electron chi connectivity index (χ2n) is 3.70. The van der Waals surface area contributed by atoms with Gasteiger partial charge in [-0.1, -0.05) is 30.7 Å². The highest BCUT2D eigenvalue weighted by Gasteiger charge is 2.17. The van der Waals surface area contributed by atoms with Gasteiger partial charge < -0.3 is 5.73 Å². The van der Waals surface area contributed by atoms with Crippen LogP contribution in [0.4, 0.5) is 4.39 Å². The SMILES string of the molecule is CCC(CN)C(=O)Cc1cccc(Cl)c1F. The monoisotopic (exact) mass is 243 g/mol. The summed E-state index contributed by atoms with van der Waals surface area (Å²) in [5.41, 5.74) is 5.80. The fourth-order valence-electron chi connectivity index (χ4n) is 1.54. The molecule has 1 aromatic rings. The lowest BCUT2D eigenvalue weighted by Crippen LogP contribution is -2.24. The van der Waals surface area contributed by atoms with E-state index in [-0.39, 0.29) is 23.1 Å². The van der Waals surface area contributed by atoms with E-state index in [1.54, 1.807) is 12.1 Å². The normalized spacial score (nSPS) is 12.5. The van der Waals surface area contributed by atoms with Crippen LogP contribution in [0, 0.1) is 11.7 Å². The van der Waals surface area contributed by atoms with Crippen molar-refractivity contribution in [3.63, 3.8) is 0 Å². The van der Waals surface area contributed by atoms with Gasteiger partial charge in [-0.15, -0.1) is 0 Å². The van der Waals surface area contributed by atoms with Gasteiger partial charge in [-0.05, 0) is 18.1 Å². The van der Waals surface area contributed by atoms with Crippen LogP contribution in [0.5, 0.6) is 0 Å². The molecule has 0 aliphatic carbocycles. The van der Waals surface area contributed by atoms with Crippen LogP contribution in [-0.4, -0.2) is 12.3 Å². The Kier molecular flexibility index (Phi) is 4.90. The van der Waals surface area contributed by atoms with Crippen molar-refractivity contribution < 1.29 is 9.18 Å². The van der Waals surface area contributed by atoms with Crippen molar-refractivity contribution in [2.75, 3.05) is 6.54 Å². The molecule has 0 saturated carbocycles. The first kappa shape index (κ1) is 13.1. The number of carbonyl (C=O) groups is 1. The van der Waals surface area contributed by atoms with Gasteiger partial charge in [0.1, 0.15) is 11.6 Å². The minimum Gasteiger partial charge on any atom is -0.330 e. The van der Waals surface area contributed by atoms with Crippen LogP contribution in [0.15, 0.2) is 18.2 Å². The Hall–Kier alpha value is -0.930. The van der Waals surface area contributed by atoms with Gasteiger partial charge in [-0.3, -0.25) is 4.79 Å². The fraction of sp³-hybridized carbons (Fsp3) is 0.417. The summed E-state index contributed by atoms with van der Waals surface area (Å²) in [7, 11) is 0. The van der Waals surface area contributed by atoms with Gasteiger partial charge >= 0.3 is 0 Å². The molecule has 0 spiro atoms. The van der Waals surface area contributed by atoms with Crippen molar-refractivity contribution in [1.29, 1.82) is 0 Å². The number of benzene rings is 1. The first-order valence-corrected chi connectivity index (χ1v) is 5.63. The Labute approximate surface area is 99.6 Å². The van der Waals surface area contributed by atoms with Gasteiger partial charge in [-0.25, -0.2) is 4.39 Å². The van der Waals surface area contributed by atoms with E-state index in [9.17, 15) is 9.18 Å². The molecule has 2 N–H and O–H groups in total. The van der Waals surface area contributed by atoms with Crippen LogP contribution in [0.3, 0.4) is 0 Å². The minimum absolute atomic E-state index is 0.0360. The van der Waals surface area contributed by atoms with Crippen molar-refractivity contribution in [2.24, 2.45) is 11.7 Å². The number of ketones is 1. The topological polar surface area (TPSA) is 43.1 Å². The van der Waals surface area contributed by atoms with E-state index in [4.69, 9.17) is 17.3 Å². The summed E-state index contributed by atoms with van der Waals surface area (Å²) in [6.07, 6.45) is 0.736. The van der Waals surface area contributed by atoms with Crippen molar-refractivity contribution in [2.45, 2.75) is 19.8 Å². The van der Waals surface area contributed by atoms with Gasteiger partial charge in [0.15, 0.2) is 0 Å². The summed E-state index contributed by atoms with van der Waals surface area (Å²) in [6.45, 7) is 2.20. The molecule has 88 valence electrons. The summed E-state index contributed by atoms with van der Waals surface area (Å²) >= 11 is 5.63. The standard InChI is InChI=1S/C12H15ClFNO/c1-2-8(7-15)11(16)6-9-4-3-5-10(13)12(9)14/h3-5,8H,2,6-7,15H2,1H3. The molecule has 16 heavy (non-hydrogen) atoms. The minimum atomic E-state index is -0.510. The molecule has 0 aliphatic rings. The molecular formula is C12H15ClFNO. The maximum Gasteiger partial charge on any atom is 0.145 e. The van der Waals surface area contributed by atoms with Gasteiger partial charge in [-0.2, -0.15) is 0 Å². The Morgan fingerprint density at radius 2 is 2.25 bits per heavy atom. The number of hydrogen-bond donors (Lipinski definition) is 1. The van der Waals surface area contributed by atoms with Crippen LogP contribution in [0.25, 0.3) is 0 Å². The van der Waals surface area contributed by atoms with E-state index in [1.807, 2.05) is 6.92 Å². The summed E-state index contributed by atoms with van der Waals surface area (Å²) in [5, 5.41) is 0.0473. The van der Waals surface area contributed by atoms with E-state index < -0.39 is 5.82 Å². The summed E-state index contributed by atoms with van der Waals surface area (Å²) in [5.74, 6) is -0.742. The van der Waals surface area contributed by atoms with Crippen LogP contribution < -0.4 is 5.73 Å². The van der Waals surface area contributed by atoms with E-state index in [2.05, 4.69) is 0 Å². The highest BCUT2D eigenvalue weighted by Crippen LogP contribution is 2.19. The highest BCUT2D eigenvalue weighted by molar-refractivity contribution is 6.30. The Bertz CT molecular complexity index is 377. The highest BCUT2D eigenvalue weighted by atomic mass is 35.5. The molecule has 0 amide bonds. The molecule has 2 nitrogen and oxygen atoms in total. The third-order valence-corrected chi connectivity index (χ3v) is 2.92. The molecular weight excluding hydrogens is 229 g/mol. The molecule has 0 fully saturated rings. The number of rotatable bonds is 5. The summed E-state index contributed by atoms with van der Waals surface area (Å²) in [6, 6.07) is 4.67. The second kappa shape index (κ2) is 5.97. The first-order chi connectivity index (χ1) is 7.60. The average molecular weight is 244 g/mol. The largest absolute Gasteiger partial charge is 0.330 e. The zero-order chi connectivity index (χ0) is 12.1. The number of halogens is 2. The third kappa shape index (κ3) is 3.03.